The van der Waals surface area contributed by atoms with Crippen LogP contribution in [0.1, 0.15) is 34.8 Å². The second-order valence-electron chi connectivity index (χ2n) is 4.23. The molecule has 0 saturated heterocycles. The molecule has 1 aromatic heterocycles. The van der Waals surface area contributed by atoms with Gasteiger partial charge in [0, 0.05) is 21.7 Å². The van der Waals surface area contributed by atoms with Gasteiger partial charge in [-0.05, 0) is 12.5 Å². The monoisotopic (exact) mass is 258 g/mol. The molecule has 5 nitrogen and oxygen atoms in total. The fourth-order valence-electron chi connectivity index (χ4n) is 2.08. The largest absolute Gasteiger partial charge is 0.479 e. The third-order valence-corrected chi connectivity index (χ3v) is 4.45. The van der Waals surface area contributed by atoms with E-state index in [-0.39, 0.29) is 5.56 Å². The number of rotatable bonds is 2. The summed E-state index contributed by atoms with van der Waals surface area (Å²) in [5.41, 5.74) is -1.89. The standard InChI is InChI=1S/C11H14O5S/c1-2-5-3-6-9(17-5)8(13)7(12)4-11(6,16)10(14)15/h3,7-8,12-13,16H,2,4H2,1H3,(H,14,15)/t7-,8+,11-/m1/s1. The molecule has 0 bridgehead atoms. The predicted molar refractivity (Wildman–Crippen MR) is 60.8 cm³/mol. The number of aliphatic carboxylic acids is 1. The number of hydrogen-bond acceptors (Lipinski definition) is 5. The topological polar surface area (TPSA) is 98.0 Å². The maximum atomic E-state index is 11.2. The van der Waals surface area contributed by atoms with Gasteiger partial charge in [0.05, 0.1) is 6.10 Å². The number of fused-ring (bicyclic) bond motifs is 1. The van der Waals surface area contributed by atoms with Gasteiger partial charge in [0.1, 0.15) is 6.10 Å². The van der Waals surface area contributed by atoms with Gasteiger partial charge in [0.2, 0.25) is 0 Å². The highest BCUT2D eigenvalue weighted by Crippen LogP contribution is 2.45. The molecule has 0 aliphatic heterocycles. The Bertz CT molecular complexity index is 455. The highest BCUT2D eigenvalue weighted by molar-refractivity contribution is 7.12. The van der Waals surface area contributed by atoms with Gasteiger partial charge in [-0.15, -0.1) is 11.3 Å². The minimum absolute atomic E-state index is 0.213. The van der Waals surface area contributed by atoms with Crippen LogP contribution in [0.4, 0.5) is 0 Å². The summed E-state index contributed by atoms with van der Waals surface area (Å²) in [5, 5.41) is 38.7. The lowest BCUT2D eigenvalue weighted by Gasteiger charge is -2.34. The summed E-state index contributed by atoms with van der Waals surface area (Å²) in [6.07, 6.45) is -2.08. The van der Waals surface area contributed by atoms with E-state index in [1.54, 1.807) is 6.07 Å². The van der Waals surface area contributed by atoms with Crippen molar-refractivity contribution in [2.45, 2.75) is 37.6 Å². The van der Waals surface area contributed by atoms with Crippen molar-refractivity contribution in [2.75, 3.05) is 0 Å². The van der Waals surface area contributed by atoms with Crippen LogP contribution in [0, 0.1) is 0 Å². The molecule has 0 spiro atoms. The van der Waals surface area contributed by atoms with Gasteiger partial charge in [-0.2, -0.15) is 0 Å². The van der Waals surface area contributed by atoms with E-state index in [9.17, 15) is 20.1 Å². The summed E-state index contributed by atoms with van der Waals surface area (Å²) in [6, 6.07) is 1.60. The van der Waals surface area contributed by atoms with Crippen molar-refractivity contribution in [2.24, 2.45) is 0 Å². The molecule has 17 heavy (non-hydrogen) atoms. The van der Waals surface area contributed by atoms with Crippen molar-refractivity contribution in [3.8, 4) is 0 Å². The fourth-order valence-corrected chi connectivity index (χ4v) is 3.30. The Balaban J connectivity index is 2.59. The second-order valence-corrected chi connectivity index (χ2v) is 5.39. The third-order valence-electron chi connectivity index (χ3n) is 3.10. The zero-order valence-electron chi connectivity index (χ0n) is 9.25. The molecule has 0 fully saturated rings. The van der Waals surface area contributed by atoms with Gasteiger partial charge in [-0.1, -0.05) is 6.92 Å². The molecule has 3 atom stereocenters. The summed E-state index contributed by atoms with van der Waals surface area (Å²) in [7, 11) is 0. The average Bonchev–Trinajstić information content (AvgIpc) is 2.70. The Morgan fingerprint density at radius 3 is 2.76 bits per heavy atom. The number of aryl methyl sites for hydroxylation is 1. The second kappa shape index (κ2) is 4.06. The van der Waals surface area contributed by atoms with Crippen LogP contribution in [0.5, 0.6) is 0 Å². The minimum Gasteiger partial charge on any atom is -0.479 e. The number of thiophene rings is 1. The van der Waals surface area contributed by atoms with Crippen molar-refractivity contribution in [1.29, 1.82) is 0 Å². The summed E-state index contributed by atoms with van der Waals surface area (Å²) < 4.78 is 0. The molecule has 0 saturated carbocycles. The maximum absolute atomic E-state index is 11.2. The lowest BCUT2D eigenvalue weighted by Crippen LogP contribution is -2.44. The first-order chi connectivity index (χ1) is 7.90. The number of carboxylic acids is 1. The smallest absolute Gasteiger partial charge is 0.340 e. The van der Waals surface area contributed by atoms with E-state index < -0.39 is 30.2 Å². The van der Waals surface area contributed by atoms with Crippen LogP contribution in [0.25, 0.3) is 0 Å². The Labute approximate surface area is 102 Å². The third kappa shape index (κ3) is 1.77. The van der Waals surface area contributed by atoms with E-state index in [2.05, 4.69) is 0 Å². The van der Waals surface area contributed by atoms with E-state index >= 15 is 0 Å². The van der Waals surface area contributed by atoms with Crippen LogP contribution in [-0.2, 0) is 16.8 Å². The first-order valence-electron chi connectivity index (χ1n) is 5.35. The van der Waals surface area contributed by atoms with Gasteiger partial charge in [-0.3, -0.25) is 0 Å². The van der Waals surface area contributed by atoms with E-state index in [4.69, 9.17) is 5.11 Å². The van der Waals surface area contributed by atoms with Crippen molar-refractivity contribution in [1.82, 2.24) is 0 Å². The highest BCUT2D eigenvalue weighted by atomic mass is 32.1. The molecular weight excluding hydrogens is 244 g/mol. The molecule has 0 radical (unpaired) electrons. The average molecular weight is 258 g/mol. The Morgan fingerprint density at radius 1 is 1.59 bits per heavy atom. The van der Waals surface area contributed by atoms with Gasteiger partial charge in [0.15, 0.2) is 5.60 Å². The molecule has 1 aliphatic carbocycles. The van der Waals surface area contributed by atoms with Crippen LogP contribution in [-0.4, -0.2) is 32.5 Å². The zero-order chi connectivity index (χ0) is 12.8. The number of carbonyl (C=O) groups is 1. The number of carboxylic acid groups (broad SMARTS) is 1. The van der Waals surface area contributed by atoms with Crippen LogP contribution in [0.15, 0.2) is 6.07 Å². The number of hydrogen-bond donors (Lipinski definition) is 4. The van der Waals surface area contributed by atoms with E-state index in [0.717, 1.165) is 4.88 Å². The SMILES string of the molecule is CCc1cc2c(s1)[C@@H](O)[C@H](O)C[C@]2(O)C(=O)O. The Hall–Kier alpha value is -0.950. The van der Waals surface area contributed by atoms with Gasteiger partial charge in [0.25, 0.3) is 0 Å². The minimum atomic E-state index is -2.10. The molecule has 4 N–H and O–H groups in total. The summed E-state index contributed by atoms with van der Waals surface area (Å²) >= 11 is 1.23. The highest BCUT2D eigenvalue weighted by Gasteiger charge is 2.49. The zero-order valence-corrected chi connectivity index (χ0v) is 10.1. The number of aliphatic hydroxyl groups excluding tert-OH is 2. The van der Waals surface area contributed by atoms with Crippen LogP contribution < -0.4 is 0 Å². The predicted octanol–water partition coefficient (Wildman–Crippen LogP) is 0.381. The van der Waals surface area contributed by atoms with Crippen LogP contribution in [0.2, 0.25) is 0 Å². The van der Waals surface area contributed by atoms with Crippen molar-refractivity contribution in [3.05, 3.63) is 21.4 Å². The van der Waals surface area contributed by atoms with Gasteiger partial charge < -0.3 is 20.4 Å². The van der Waals surface area contributed by atoms with Crippen LogP contribution >= 0.6 is 11.3 Å². The van der Waals surface area contributed by atoms with E-state index in [1.165, 1.54) is 11.3 Å². The van der Waals surface area contributed by atoms with Gasteiger partial charge in [-0.25, -0.2) is 4.79 Å². The molecule has 6 heteroatoms. The molecule has 1 heterocycles. The van der Waals surface area contributed by atoms with E-state index in [0.29, 0.717) is 11.3 Å². The van der Waals surface area contributed by atoms with Crippen molar-refractivity contribution < 1.29 is 25.2 Å². The molecule has 0 unspecified atom stereocenters. The first kappa shape index (κ1) is 12.5. The summed E-state index contributed by atoms with van der Waals surface area (Å²) in [4.78, 5) is 12.4. The van der Waals surface area contributed by atoms with Crippen LogP contribution in [0.3, 0.4) is 0 Å². The fraction of sp³-hybridized carbons (Fsp3) is 0.545. The van der Waals surface area contributed by atoms with Crippen molar-refractivity contribution >= 4 is 17.3 Å². The van der Waals surface area contributed by atoms with Gasteiger partial charge >= 0.3 is 5.97 Å². The molecule has 0 amide bonds. The Kier molecular flexibility index (Phi) is 2.99. The molecule has 1 aliphatic rings. The molecule has 0 aromatic carbocycles. The first-order valence-corrected chi connectivity index (χ1v) is 6.16. The summed E-state index contributed by atoms with van der Waals surface area (Å²) in [5.74, 6) is -1.40. The lowest BCUT2D eigenvalue weighted by molar-refractivity contribution is -0.168. The molecule has 1 aromatic rings. The Morgan fingerprint density at radius 2 is 2.24 bits per heavy atom. The normalized spacial score (nSPS) is 32.2. The molecule has 2 rings (SSSR count). The molecule has 94 valence electrons. The van der Waals surface area contributed by atoms with E-state index in [1.807, 2.05) is 6.92 Å². The quantitative estimate of drug-likeness (QED) is 0.615. The maximum Gasteiger partial charge on any atom is 0.340 e. The lowest BCUT2D eigenvalue weighted by atomic mass is 9.80. The van der Waals surface area contributed by atoms with Crippen molar-refractivity contribution in [3.63, 3.8) is 0 Å². The number of aliphatic hydroxyl groups is 3. The molecular formula is C11H14O5S. The summed E-state index contributed by atoms with van der Waals surface area (Å²) in [6.45, 7) is 1.90.